The van der Waals surface area contributed by atoms with Crippen molar-refractivity contribution in [3.05, 3.63) is 65.4 Å². The Morgan fingerprint density at radius 1 is 1.11 bits per heavy atom. The summed E-state index contributed by atoms with van der Waals surface area (Å²) < 4.78 is 6.81. The van der Waals surface area contributed by atoms with E-state index >= 15 is 0 Å². The molecule has 1 aliphatic rings. The fourth-order valence-electron chi connectivity index (χ4n) is 3.24. The van der Waals surface area contributed by atoms with Gasteiger partial charge in [0.2, 0.25) is 6.20 Å². The van der Waals surface area contributed by atoms with E-state index in [-0.39, 0.29) is 24.3 Å². The maximum Gasteiger partial charge on any atom is 0.338 e. The summed E-state index contributed by atoms with van der Waals surface area (Å²) in [6, 6.07) is 12.1. The molecular formula is C20H18N3O4+. The SMILES string of the molecule is CCOC(=O)c1ccc2[nH][n+](CCN3C(=O)c4ccccc4C3=O)cc2c1. The Bertz CT molecular complexity index is 1040. The lowest BCUT2D eigenvalue weighted by molar-refractivity contribution is -0.747. The molecule has 7 heteroatoms. The third kappa shape index (κ3) is 2.97. The molecule has 136 valence electrons. The lowest BCUT2D eigenvalue weighted by atomic mass is 10.1. The first-order valence-electron chi connectivity index (χ1n) is 8.73. The van der Waals surface area contributed by atoms with Crippen LogP contribution in [0.25, 0.3) is 10.9 Å². The second kappa shape index (κ2) is 6.68. The molecule has 0 spiro atoms. The van der Waals surface area contributed by atoms with Crippen molar-refractivity contribution in [2.24, 2.45) is 0 Å². The molecular weight excluding hydrogens is 346 g/mol. The quantitative estimate of drug-likeness (QED) is 0.426. The molecule has 2 amide bonds. The third-order valence-corrected chi connectivity index (χ3v) is 4.56. The molecule has 0 radical (unpaired) electrons. The van der Waals surface area contributed by atoms with E-state index in [2.05, 4.69) is 5.10 Å². The van der Waals surface area contributed by atoms with Crippen LogP contribution in [0.2, 0.25) is 0 Å². The Kier molecular flexibility index (Phi) is 4.19. The van der Waals surface area contributed by atoms with E-state index in [4.69, 9.17) is 4.74 Å². The molecule has 2 aromatic carbocycles. The molecule has 2 heterocycles. The Morgan fingerprint density at radius 2 is 1.81 bits per heavy atom. The minimum absolute atomic E-state index is 0.259. The van der Waals surface area contributed by atoms with Gasteiger partial charge in [0.1, 0.15) is 5.52 Å². The zero-order chi connectivity index (χ0) is 19.0. The molecule has 0 bridgehead atoms. The van der Waals surface area contributed by atoms with Crippen molar-refractivity contribution < 1.29 is 23.8 Å². The number of H-pyrrole nitrogens is 1. The Balaban J connectivity index is 1.51. The van der Waals surface area contributed by atoms with Gasteiger partial charge in [-0.05, 0) is 37.3 Å². The summed E-state index contributed by atoms with van der Waals surface area (Å²) in [4.78, 5) is 37.9. The number of nitrogens with one attached hydrogen (secondary N) is 1. The normalized spacial score (nSPS) is 13.3. The van der Waals surface area contributed by atoms with Gasteiger partial charge in [0.15, 0.2) is 6.54 Å². The summed E-state index contributed by atoms with van der Waals surface area (Å²) in [5, 5.41) is 4.03. The number of hydrogen-bond acceptors (Lipinski definition) is 4. The van der Waals surface area contributed by atoms with Gasteiger partial charge in [-0.25, -0.2) is 4.79 Å². The van der Waals surface area contributed by atoms with Crippen LogP contribution in [-0.2, 0) is 11.3 Å². The number of aromatic amines is 1. The first kappa shape index (κ1) is 17.0. The highest BCUT2D eigenvalue weighted by Gasteiger charge is 2.35. The highest BCUT2D eigenvalue weighted by molar-refractivity contribution is 6.21. The van der Waals surface area contributed by atoms with E-state index in [1.54, 1.807) is 54.1 Å². The van der Waals surface area contributed by atoms with Crippen molar-refractivity contribution >= 4 is 28.7 Å². The van der Waals surface area contributed by atoms with E-state index in [9.17, 15) is 14.4 Å². The Morgan fingerprint density at radius 3 is 2.48 bits per heavy atom. The molecule has 7 nitrogen and oxygen atoms in total. The second-order valence-electron chi connectivity index (χ2n) is 6.26. The minimum atomic E-state index is -0.363. The molecule has 1 aromatic heterocycles. The van der Waals surface area contributed by atoms with E-state index < -0.39 is 0 Å². The topological polar surface area (TPSA) is 83.3 Å². The number of benzene rings is 2. The van der Waals surface area contributed by atoms with Crippen LogP contribution in [-0.4, -0.2) is 40.9 Å². The van der Waals surface area contributed by atoms with Gasteiger partial charge in [-0.15, -0.1) is 4.68 Å². The molecule has 3 aromatic rings. The molecule has 27 heavy (non-hydrogen) atoms. The van der Waals surface area contributed by atoms with Gasteiger partial charge in [0.25, 0.3) is 11.8 Å². The summed E-state index contributed by atoms with van der Waals surface area (Å²) in [5.41, 5.74) is 2.23. The van der Waals surface area contributed by atoms with Crippen molar-refractivity contribution in [2.75, 3.05) is 13.2 Å². The second-order valence-corrected chi connectivity index (χ2v) is 6.26. The fraction of sp³-hybridized carbons (Fsp3) is 0.200. The number of carbonyl (C=O) groups excluding carboxylic acids is 3. The van der Waals surface area contributed by atoms with Crippen molar-refractivity contribution in [3.63, 3.8) is 0 Å². The van der Waals surface area contributed by atoms with E-state index in [0.29, 0.717) is 29.8 Å². The first-order valence-corrected chi connectivity index (χ1v) is 8.73. The number of carbonyl (C=O) groups is 3. The number of esters is 1. The summed E-state index contributed by atoms with van der Waals surface area (Å²) in [7, 11) is 0. The lowest BCUT2D eigenvalue weighted by Gasteiger charge is -2.10. The van der Waals surface area contributed by atoms with Gasteiger partial charge < -0.3 is 4.74 Å². The van der Waals surface area contributed by atoms with Gasteiger partial charge in [0.05, 0.1) is 35.2 Å². The lowest BCUT2D eigenvalue weighted by Crippen LogP contribution is -2.43. The van der Waals surface area contributed by atoms with Crippen molar-refractivity contribution in [1.82, 2.24) is 10.00 Å². The van der Waals surface area contributed by atoms with E-state index in [0.717, 1.165) is 10.9 Å². The largest absolute Gasteiger partial charge is 0.462 e. The number of hydrogen-bond donors (Lipinski definition) is 1. The smallest absolute Gasteiger partial charge is 0.338 e. The summed E-state index contributed by atoms with van der Waals surface area (Å²) in [5.74, 6) is -0.896. The molecule has 0 aliphatic carbocycles. The zero-order valence-corrected chi connectivity index (χ0v) is 14.8. The average molecular weight is 364 g/mol. The van der Waals surface area contributed by atoms with E-state index in [1.807, 2.05) is 6.20 Å². The monoisotopic (exact) mass is 364 g/mol. The number of nitrogens with zero attached hydrogens (tertiary/aromatic N) is 2. The Hall–Kier alpha value is -3.48. The molecule has 1 N–H and O–H groups in total. The Labute approximate surface area is 155 Å². The summed E-state index contributed by atoms with van der Waals surface area (Å²) in [6.45, 7) is 2.77. The summed E-state index contributed by atoms with van der Waals surface area (Å²) in [6.07, 6.45) is 1.84. The predicted molar refractivity (Wildman–Crippen MR) is 96.3 cm³/mol. The van der Waals surface area contributed by atoms with Gasteiger partial charge in [-0.3, -0.25) is 14.5 Å². The number of imide groups is 1. The number of rotatable bonds is 5. The number of amides is 2. The van der Waals surface area contributed by atoms with Crippen molar-refractivity contribution in [3.8, 4) is 0 Å². The van der Waals surface area contributed by atoms with Crippen LogP contribution >= 0.6 is 0 Å². The fourth-order valence-corrected chi connectivity index (χ4v) is 3.24. The number of fused-ring (bicyclic) bond motifs is 2. The van der Waals surface area contributed by atoms with Crippen LogP contribution in [0.1, 0.15) is 38.0 Å². The van der Waals surface area contributed by atoms with E-state index in [1.165, 1.54) is 4.90 Å². The van der Waals surface area contributed by atoms with Crippen LogP contribution in [0.15, 0.2) is 48.7 Å². The van der Waals surface area contributed by atoms with Crippen LogP contribution in [0.3, 0.4) is 0 Å². The predicted octanol–water partition coefficient (Wildman–Crippen LogP) is 1.93. The van der Waals surface area contributed by atoms with Crippen molar-refractivity contribution in [2.45, 2.75) is 13.5 Å². The van der Waals surface area contributed by atoms with Crippen LogP contribution < -0.4 is 4.68 Å². The first-order chi connectivity index (χ1) is 13.1. The average Bonchev–Trinajstić information content (AvgIpc) is 3.19. The molecule has 0 fully saturated rings. The molecule has 0 atom stereocenters. The molecule has 4 rings (SSSR count). The van der Waals surface area contributed by atoms with Crippen molar-refractivity contribution in [1.29, 1.82) is 0 Å². The highest BCUT2D eigenvalue weighted by Crippen LogP contribution is 2.22. The van der Waals surface area contributed by atoms with Crippen LogP contribution in [0, 0.1) is 0 Å². The van der Waals surface area contributed by atoms with Gasteiger partial charge in [-0.1, -0.05) is 12.1 Å². The molecule has 0 unspecified atom stereocenters. The third-order valence-electron chi connectivity index (χ3n) is 4.56. The van der Waals surface area contributed by atoms with Gasteiger partial charge in [0, 0.05) is 0 Å². The van der Waals surface area contributed by atoms with Crippen LogP contribution in [0.5, 0.6) is 0 Å². The molecule has 0 saturated heterocycles. The number of aromatic nitrogens is 2. The van der Waals surface area contributed by atoms with Crippen LogP contribution in [0.4, 0.5) is 0 Å². The standard InChI is InChI=1S/C20H17N3O4/c1-2-27-20(26)13-7-8-17-14(11-13)12-22(21-17)9-10-23-18(24)15-5-3-4-6-16(15)19(23)25/h3-8,11-12H,2,9-10H2,1H3/p+1. The number of ether oxygens (including phenoxy) is 1. The zero-order valence-electron chi connectivity index (χ0n) is 14.8. The molecule has 0 saturated carbocycles. The summed E-state index contributed by atoms with van der Waals surface area (Å²) >= 11 is 0. The van der Waals surface area contributed by atoms with Gasteiger partial charge in [-0.2, -0.15) is 5.10 Å². The maximum absolute atomic E-state index is 12.4. The molecule has 1 aliphatic heterocycles. The highest BCUT2D eigenvalue weighted by atomic mass is 16.5. The maximum atomic E-state index is 12.4. The minimum Gasteiger partial charge on any atom is -0.462 e. The van der Waals surface area contributed by atoms with Gasteiger partial charge >= 0.3 is 5.97 Å².